The van der Waals surface area contributed by atoms with Crippen LogP contribution in [0.25, 0.3) is 10.9 Å². The second kappa shape index (κ2) is 10.9. The molecule has 0 saturated carbocycles. The average molecular weight is 487 g/mol. The lowest BCUT2D eigenvalue weighted by molar-refractivity contribution is -0.131. The molecule has 1 saturated heterocycles. The Kier molecular flexibility index (Phi) is 8.16. The number of aromatic amines is 1. The number of methoxy groups -OCH3 is 1. The summed E-state index contributed by atoms with van der Waals surface area (Å²) in [6.07, 6.45) is 0.947. The van der Waals surface area contributed by atoms with Gasteiger partial charge in [-0.05, 0) is 42.9 Å². The Morgan fingerprint density at radius 2 is 1.94 bits per heavy atom. The van der Waals surface area contributed by atoms with Gasteiger partial charge < -0.3 is 30.8 Å². The van der Waals surface area contributed by atoms with Gasteiger partial charge in [0.2, 0.25) is 11.8 Å². The van der Waals surface area contributed by atoms with E-state index in [9.17, 15) is 24.3 Å². The number of ether oxygens (including phenoxy) is 1. The smallest absolute Gasteiger partial charge is 0.268 e. The number of H-pyrrole nitrogens is 1. The summed E-state index contributed by atoms with van der Waals surface area (Å²) in [7, 11) is 1.55. The molecule has 10 nitrogen and oxygen atoms in total. The molecule has 0 radical (unpaired) electrons. The summed E-state index contributed by atoms with van der Waals surface area (Å²) in [5.74, 6) is -1.60. The predicted octanol–water partition coefficient (Wildman–Crippen LogP) is 1.28. The highest BCUT2D eigenvalue weighted by Gasteiger charge is 2.34. The number of rotatable bonds is 10. The van der Waals surface area contributed by atoms with Crippen molar-refractivity contribution in [2.75, 3.05) is 20.3 Å². The van der Waals surface area contributed by atoms with Crippen LogP contribution in [0.4, 0.5) is 0 Å². The fourth-order valence-electron chi connectivity index (χ4n) is 4.29. The lowest BCUT2D eigenvalue weighted by atomic mass is 9.87. The number of fused-ring (bicyclic) bond motifs is 1. The first-order valence-corrected chi connectivity index (χ1v) is 11.7. The first-order chi connectivity index (χ1) is 16.5. The van der Waals surface area contributed by atoms with Crippen LogP contribution in [0, 0.1) is 11.3 Å². The van der Waals surface area contributed by atoms with Crippen molar-refractivity contribution < 1.29 is 29.0 Å². The maximum absolute atomic E-state index is 13.3. The summed E-state index contributed by atoms with van der Waals surface area (Å²) in [4.78, 5) is 53.7. The highest BCUT2D eigenvalue weighted by molar-refractivity contribution is 6.02. The fourth-order valence-corrected chi connectivity index (χ4v) is 4.29. The number of aromatic nitrogens is 1. The van der Waals surface area contributed by atoms with Crippen molar-refractivity contribution in [3.05, 3.63) is 30.0 Å². The van der Waals surface area contributed by atoms with Crippen molar-refractivity contribution in [3.63, 3.8) is 0 Å². The van der Waals surface area contributed by atoms with Crippen LogP contribution in [0.5, 0.6) is 5.75 Å². The molecule has 3 rings (SSSR count). The third kappa shape index (κ3) is 6.60. The van der Waals surface area contributed by atoms with E-state index in [1.807, 2.05) is 26.8 Å². The van der Waals surface area contributed by atoms with Crippen molar-refractivity contribution in [1.82, 2.24) is 20.9 Å². The molecule has 3 atom stereocenters. The van der Waals surface area contributed by atoms with E-state index in [1.54, 1.807) is 25.3 Å². The van der Waals surface area contributed by atoms with Crippen LogP contribution in [0.3, 0.4) is 0 Å². The Morgan fingerprint density at radius 3 is 2.54 bits per heavy atom. The Bertz CT molecular complexity index is 1100. The lowest BCUT2D eigenvalue weighted by Crippen LogP contribution is -2.53. The molecule has 0 bridgehead atoms. The van der Waals surface area contributed by atoms with E-state index >= 15 is 0 Å². The van der Waals surface area contributed by atoms with E-state index in [0.29, 0.717) is 25.1 Å². The SMILES string of the molecule is COc1cccc2[nH]c(C(=O)NC(CC(C)(C)C)C(=O)N[C@@H](CC3CCNC3=O)C(=O)CO)cc12. The molecule has 1 fully saturated rings. The standard InChI is InChI=1S/C25H34N4O6/c1-25(2,3)12-19(24(34)28-17(20(31)13-30)10-14-8-9-26-22(14)32)29-23(33)18-11-15-16(27-18)6-5-7-21(15)35-4/h5-7,11,14,17,19,27,30H,8-10,12-13H2,1-4H3,(H,26,32)(H,28,34)(H,29,33)/t14?,17-,19?/m0/s1. The van der Waals surface area contributed by atoms with Gasteiger partial charge in [0.25, 0.3) is 5.91 Å². The van der Waals surface area contributed by atoms with Gasteiger partial charge in [-0.3, -0.25) is 19.2 Å². The van der Waals surface area contributed by atoms with E-state index in [2.05, 4.69) is 20.9 Å². The van der Waals surface area contributed by atoms with Gasteiger partial charge in [0, 0.05) is 23.4 Å². The number of aliphatic hydroxyl groups is 1. The largest absolute Gasteiger partial charge is 0.496 e. The highest BCUT2D eigenvalue weighted by Crippen LogP contribution is 2.26. The van der Waals surface area contributed by atoms with E-state index in [4.69, 9.17) is 4.74 Å². The second-order valence-electron chi connectivity index (χ2n) is 10.1. The number of Topliss-reactive ketones (excluding diaryl/α,β-unsaturated/α-hetero) is 1. The summed E-state index contributed by atoms with van der Waals surface area (Å²) >= 11 is 0. The molecule has 1 aromatic carbocycles. The number of benzene rings is 1. The van der Waals surface area contributed by atoms with Crippen molar-refractivity contribution in [2.45, 2.75) is 52.1 Å². The van der Waals surface area contributed by atoms with Gasteiger partial charge >= 0.3 is 0 Å². The third-order valence-electron chi connectivity index (χ3n) is 6.07. The van der Waals surface area contributed by atoms with Crippen LogP contribution in [0.1, 0.15) is 50.5 Å². The zero-order chi connectivity index (χ0) is 25.8. The number of aliphatic hydroxyl groups excluding tert-OH is 1. The normalized spacial score (nSPS) is 17.5. The van der Waals surface area contributed by atoms with E-state index in [-0.39, 0.29) is 23.4 Å². The number of nitrogens with one attached hydrogen (secondary N) is 4. The van der Waals surface area contributed by atoms with Crippen LogP contribution in [-0.4, -0.2) is 65.9 Å². The number of hydrogen-bond donors (Lipinski definition) is 5. The van der Waals surface area contributed by atoms with Crippen molar-refractivity contribution >= 4 is 34.4 Å². The summed E-state index contributed by atoms with van der Waals surface area (Å²) in [6.45, 7) is 5.56. The molecule has 190 valence electrons. The number of ketones is 1. The highest BCUT2D eigenvalue weighted by atomic mass is 16.5. The second-order valence-corrected chi connectivity index (χ2v) is 10.1. The quantitative estimate of drug-likeness (QED) is 0.342. The van der Waals surface area contributed by atoms with Crippen molar-refractivity contribution in [2.24, 2.45) is 11.3 Å². The minimum atomic E-state index is -1.03. The third-order valence-corrected chi connectivity index (χ3v) is 6.07. The average Bonchev–Trinajstić information content (AvgIpc) is 3.42. The van der Waals surface area contributed by atoms with E-state index in [0.717, 1.165) is 10.9 Å². The molecule has 5 N–H and O–H groups in total. The Balaban J connectivity index is 1.79. The van der Waals surface area contributed by atoms with Gasteiger partial charge in [-0.25, -0.2) is 0 Å². The number of carbonyl (C=O) groups excluding carboxylic acids is 4. The summed E-state index contributed by atoms with van der Waals surface area (Å²) < 4.78 is 5.35. The molecule has 1 aromatic heterocycles. The topological polar surface area (TPSA) is 150 Å². The fraction of sp³-hybridized carbons (Fsp3) is 0.520. The maximum Gasteiger partial charge on any atom is 0.268 e. The monoisotopic (exact) mass is 486 g/mol. The zero-order valence-electron chi connectivity index (χ0n) is 20.6. The van der Waals surface area contributed by atoms with Crippen LogP contribution in [0.2, 0.25) is 0 Å². The first-order valence-electron chi connectivity index (χ1n) is 11.7. The molecule has 0 spiro atoms. The van der Waals surface area contributed by atoms with Gasteiger partial charge in [0.1, 0.15) is 24.1 Å². The van der Waals surface area contributed by atoms with E-state index in [1.165, 1.54) is 0 Å². The van der Waals surface area contributed by atoms with Crippen LogP contribution < -0.4 is 20.7 Å². The number of carbonyl (C=O) groups is 4. The van der Waals surface area contributed by atoms with Crippen LogP contribution in [0.15, 0.2) is 24.3 Å². The summed E-state index contributed by atoms with van der Waals surface area (Å²) in [5, 5.41) is 18.3. The van der Waals surface area contributed by atoms with Crippen LogP contribution in [-0.2, 0) is 14.4 Å². The van der Waals surface area contributed by atoms with Crippen molar-refractivity contribution in [3.8, 4) is 5.75 Å². The minimum Gasteiger partial charge on any atom is -0.496 e. The van der Waals surface area contributed by atoms with Gasteiger partial charge in [-0.2, -0.15) is 0 Å². The molecule has 3 amide bonds. The van der Waals surface area contributed by atoms with Gasteiger partial charge in [0.15, 0.2) is 5.78 Å². The zero-order valence-corrected chi connectivity index (χ0v) is 20.6. The van der Waals surface area contributed by atoms with Crippen molar-refractivity contribution in [1.29, 1.82) is 0 Å². The molecule has 2 unspecified atom stereocenters. The molecular formula is C25H34N4O6. The molecule has 35 heavy (non-hydrogen) atoms. The predicted molar refractivity (Wildman–Crippen MR) is 130 cm³/mol. The van der Waals surface area contributed by atoms with Gasteiger partial charge in [0.05, 0.1) is 13.2 Å². The van der Waals surface area contributed by atoms with Gasteiger partial charge in [-0.15, -0.1) is 0 Å². The first kappa shape index (κ1) is 26.2. The molecule has 1 aliphatic heterocycles. The molecule has 10 heteroatoms. The van der Waals surface area contributed by atoms with Crippen LogP contribution >= 0.6 is 0 Å². The lowest BCUT2D eigenvalue weighted by Gasteiger charge is -2.28. The summed E-state index contributed by atoms with van der Waals surface area (Å²) in [6, 6.07) is 5.10. The summed E-state index contributed by atoms with van der Waals surface area (Å²) in [5.41, 5.74) is 0.664. The minimum absolute atomic E-state index is 0.0922. The maximum atomic E-state index is 13.3. The molecular weight excluding hydrogens is 452 g/mol. The Hall–Kier alpha value is -3.40. The Morgan fingerprint density at radius 1 is 1.20 bits per heavy atom. The van der Waals surface area contributed by atoms with E-state index < -0.39 is 42.2 Å². The molecule has 1 aliphatic rings. The number of hydrogen-bond acceptors (Lipinski definition) is 6. The molecule has 0 aliphatic carbocycles. The molecule has 2 heterocycles. The molecule has 2 aromatic rings. The Labute approximate surface area is 204 Å². The van der Waals surface area contributed by atoms with Gasteiger partial charge in [-0.1, -0.05) is 26.8 Å². The number of amides is 3.